The predicted molar refractivity (Wildman–Crippen MR) is 113 cm³/mol. The molecular weight excluding hydrogens is 478 g/mol. The lowest BCUT2D eigenvalue weighted by Gasteiger charge is -2.16. The van der Waals surface area contributed by atoms with Crippen LogP contribution in [0.2, 0.25) is 20.1 Å². The second-order valence-corrected chi connectivity index (χ2v) is 7.29. The summed E-state index contributed by atoms with van der Waals surface area (Å²) in [6.07, 6.45) is 0. The summed E-state index contributed by atoms with van der Waals surface area (Å²) >= 11 is 25.2. The minimum atomic E-state index is -1.08. The molecule has 0 aromatic heterocycles. The van der Waals surface area contributed by atoms with Crippen LogP contribution in [0.4, 0.5) is 0 Å². The summed E-state index contributed by atoms with van der Waals surface area (Å²) in [7, 11) is 0. The van der Waals surface area contributed by atoms with Crippen LogP contribution in [0, 0.1) is 0 Å². The summed E-state index contributed by atoms with van der Waals surface area (Å²) in [5.41, 5.74) is 0.154. The Bertz CT molecular complexity index is 1010. The van der Waals surface area contributed by atoms with E-state index in [9.17, 15) is 9.59 Å². The van der Waals surface area contributed by atoms with Gasteiger partial charge in [-0.25, -0.2) is 9.59 Å². The van der Waals surface area contributed by atoms with Crippen molar-refractivity contribution in [2.75, 3.05) is 0 Å². The molecule has 0 bridgehead atoms. The molecule has 2 N–H and O–H groups in total. The van der Waals surface area contributed by atoms with Crippen molar-refractivity contribution in [3.05, 3.63) is 79.7 Å². The molecule has 0 saturated heterocycles. The highest BCUT2D eigenvalue weighted by atomic mass is 35.5. The molecule has 0 unspecified atom stereocenters. The van der Waals surface area contributed by atoms with E-state index >= 15 is 0 Å². The Labute approximate surface area is 190 Å². The topological polar surface area (TPSA) is 93.1 Å². The van der Waals surface area contributed by atoms with E-state index in [0.29, 0.717) is 0 Å². The average molecular weight is 488 g/mol. The lowest BCUT2D eigenvalue weighted by atomic mass is 10.2. The van der Waals surface area contributed by atoms with Gasteiger partial charge in [-0.1, -0.05) is 46.4 Å². The molecular formula is C20H10Cl4O6. The van der Waals surface area contributed by atoms with E-state index in [1.54, 1.807) is 0 Å². The fourth-order valence-corrected chi connectivity index (χ4v) is 3.31. The van der Waals surface area contributed by atoms with Gasteiger partial charge in [-0.05, 0) is 48.5 Å². The van der Waals surface area contributed by atoms with Crippen LogP contribution in [0.3, 0.4) is 0 Å². The molecule has 10 heteroatoms. The van der Waals surface area contributed by atoms with Crippen LogP contribution < -0.4 is 9.47 Å². The molecule has 0 fully saturated rings. The Morgan fingerprint density at radius 3 is 1.07 bits per heavy atom. The minimum absolute atomic E-state index is 0.0371. The van der Waals surface area contributed by atoms with Gasteiger partial charge in [0.25, 0.3) is 0 Å². The van der Waals surface area contributed by atoms with Gasteiger partial charge < -0.3 is 19.7 Å². The molecule has 0 aliphatic heterocycles. The first-order chi connectivity index (χ1) is 14.2. The quantitative estimate of drug-likeness (QED) is 0.355. The van der Waals surface area contributed by atoms with Gasteiger partial charge in [0.05, 0.1) is 11.1 Å². The van der Waals surface area contributed by atoms with Gasteiger partial charge in [-0.15, -0.1) is 0 Å². The number of carboxylic acid groups (broad SMARTS) is 2. The van der Waals surface area contributed by atoms with E-state index in [0.717, 1.165) is 0 Å². The molecule has 0 atom stereocenters. The maximum absolute atomic E-state index is 10.9. The van der Waals surface area contributed by atoms with E-state index in [2.05, 4.69) is 0 Å². The number of aromatic carboxylic acids is 2. The second-order valence-electron chi connectivity index (χ2n) is 5.78. The predicted octanol–water partition coefficient (Wildman–Crippen LogP) is 7.28. The molecule has 3 aromatic carbocycles. The van der Waals surface area contributed by atoms with Gasteiger partial charge in [0.15, 0.2) is 11.5 Å². The molecule has 3 aromatic rings. The lowest BCUT2D eigenvalue weighted by Crippen LogP contribution is -1.97. The van der Waals surface area contributed by atoms with Crippen molar-refractivity contribution in [3.8, 4) is 23.0 Å². The summed E-state index contributed by atoms with van der Waals surface area (Å²) in [6, 6.07) is 11.1. The number of ether oxygens (including phenoxy) is 2. The first kappa shape index (κ1) is 22.1. The molecule has 0 aliphatic rings. The van der Waals surface area contributed by atoms with E-state index in [4.69, 9.17) is 66.1 Å². The third kappa shape index (κ3) is 4.57. The third-order valence-electron chi connectivity index (χ3n) is 3.83. The largest absolute Gasteiger partial charge is 0.478 e. The van der Waals surface area contributed by atoms with E-state index in [1.807, 2.05) is 0 Å². The maximum atomic E-state index is 10.9. The van der Waals surface area contributed by atoms with Gasteiger partial charge in [0.1, 0.15) is 31.6 Å². The first-order valence-corrected chi connectivity index (χ1v) is 9.58. The molecule has 0 amide bonds. The van der Waals surface area contributed by atoms with E-state index < -0.39 is 11.9 Å². The molecule has 0 aliphatic carbocycles. The molecule has 3 rings (SSSR count). The standard InChI is InChI=1S/C20H10Cl4O6/c21-13-15(23)18(30-12-7-3-10(4-8-12)20(27)28)16(24)14(22)17(13)29-11-5-1-9(2-6-11)19(25)26/h1-8H,(H,25,26)(H,27,28). The van der Waals surface area contributed by atoms with Gasteiger partial charge in [0, 0.05) is 0 Å². The van der Waals surface area contributed by atoms with Crippen molar-refractivity contribution in [2.24, 2.45) is 0 Å². The van der Waals surface area contributed by atoms with Crippen molar-refractivity contribution in [2.45, 2.75) is 0 Å². The molecule has 154 valence electrons. The number of benzene rings is 3. The smallest absolute Gasteiger partial charge is 0.335 e. The number of rotatable bonds is 6. The number of hydrogen-bond acceptors (Lipinski definition) is 4. The molecule has 0 heterocycles. The van der Waals surface area contributed by atoms with Gasteiger partial charge in [0.2, 0.25) is 0 Å². The Morgan fingerprint density at radius 1 is 0.567 bits per heavy atom. The normalized spacial score (nSPS) is 10.5. The Hall–Kier alpha value is -2.64. The minimum Gasteiger partial charge on any atom is -0.478 e. The number of carbonyl (C=O) groups is 2. The van der Waals surface area contributed by atoms with Crippen LogP contribution in [0.15, 0.2) is 48.5 Å². The number of hydrogen-bond donors (Lipinski definition) is 2. The molecule has 6 nitrogen and oxygen atoms in total. The van der Waals surface area contributed by atoms with Crippen molar-refractivity contribution < 1.29 is 29.3 Å². The third-order valence-corrected chi connectivity index (χ3v) is 5.46. The first-order valence-electron chi connectivity index (χ1n) is 8.07. The van der Waals surface area contributed by atoms with Gasteiger partial charge >= 0.3 is 11.9 Å². The van der Waals surface area contributed by atoms with Crippen LogP contribution in [0.1, 0.15) is 20.7 Å². The SMILES string of the molecule is O=C(O)c1ccc(Oc2c(Cl)c(Cl)c(Oc3ccc(C(=O)O)cc3)c(Cl)c2Cl)cc1. The zero-order chi connectivity index (χ0) is 22.0. The Kier molecular flexibility index (Phi) is 6.63. The number of halogens is 4. The van der Waals surface area contributed by atoms with Crippen LogP contribution in [-0.2, 0) is 0 Å². The summed E-state index contributed by atoms with van der Waals surface area (Å²) < 4.78 is 11.3. The monoisotopic (exact) mass is 486 g/mol. The molecule has 0 saturated carbocycles. The van der Waals surface area contributed by atoms with Crippen LogP contribution in [-0.4, -0.2) is 22.2 Å². The zero-order valence-electron chi connectivity index (χ0n) is 14.7. The van der Waals surface area contributed by atoms with Crippen molar-refractivity contribution in [1.29, 1.82) is 0 Å². The summed E-state index contributed by atoms with van der Waals surface area (Å²) in [6.45, 7) is 0. The van der Waals surface area contributed by atoms with Crippen LogP contribution >= 0.6 is 46.4 Å². The lowest BCUT2D eigenvalue weighted by molar-refractivity contribution is 0.0686. The van der Waals surface area contributed by atoms with Crippen LogP contribution in [0.5, 0.6) is 23.0 Å². The summed E-state index contributed by atoms with van der Waals surface area (Å²) in [4.78, 5) is 21.9. The Balaban J connectivity index is 1.93. The average Bonchev–Trinajstić information content (AvgIpc) is 2.73. The summed E-state index contributed by atoms with van der Waals surface area (Å²) in [5.74, 6) is -1.72. The summed E-state index contributed by atoms with van der Waals surface area (Å²) in [5, 5.41) is 17.6. The zero-order valence-corrected chi connectivity index (χ0v) is 17.7. The van der Waals surface area contributed by atoms with Crippen molar-refractivity contribution in [1.82, 2.24) is 0 Å². The Morgan fingerprint density at radius 2 is 0.833 bits per heavy atom. The fraction of sp³-hybridized carbons (Fsp3) is 0. The van der Waals surface area contributed by atoms with E-state index in [-0.39, 0.29) is 54.2 Å². The van der Waals surface area contributed by atoms with Crippen molar-refractivity contribution >= 4 is 58.3 Å². The van der Waals surface area contributed by atoms with Gasteiger partial charge in [-0.3, -0.25) is 0 Å². The van der Waals surface area contributed by atoms with Crippen LogP contribution in [0.25, 0.3) is 0 Å². The highest BCUT2D eigenvalue weighted by Crippen LogP contribution is 2.52. The van der Waals surface area contributed by atoms with Gasteiger partial charge in [-0.2, -0.15) is 0 Å². The molecule has 0 radical (unpaired) electrons. The van der Waals surface area contributed by atoms with E-state index in [1.165, 1.54) is 48.5 Å². The highest BCUT2D eigenvalue weighted by Gasteiger charge is 2.24. The molecule has 30 heavy (non-hydrogen) atoms. The van der Waals surface area contributed by atoms with Crippen molar-refractivity contribution in [3.63, 3.8) is 0 Å². The second kappa shape index (κ2) is 9.02. The number of carboxylic acids is 2. The maximum Gasteiger partial charge on any atom is 0.335 e. The highest BCUT2D eigenvalue weighted by molar-refractivity contribution is 6.50. The molecule has 0 spiro atoms. The fourth-order valence-electron chi connectivity index (χ4n) is 2.34.